The predicted molar refractivity (Wildman–Crippen MR) is 69.8 cm³/mol. The van der Waals surface area contributed by atoms with Crippen molar-refractivity contribution in [3.8, 4) is 0 Å². The normalized spacial score (nSPS) is 22.8. The first-order chi connectivity index (χ1) is 9.94. The van der Waals surface area contributed by atoms with Gasteiger partial charge in [-0.3, -0.25) is 9.78 Å². The minimum absolute atomic E-state index is 0.175. The largest absolute Gasteiger partial charge is 0.411 e. The number of hydrogen-bond donors (Lipinski definition) is 1. The minimum atomic E-state index is -4.32. The number of rotatable bonds is 4. The van der Waals surface area contributed by atoms with Crippen molar-refractivity contribution in [3.63, 3.8) is 0 Å². The van der Waals surface area contributed by atoms with Gasteiger partial charge in [0.25, 0.3) is 5.91 Å². The number of pyridine rings is 1. The van der Waals surface area contributed by atoms with Crippen molar-refractivity contribution in [3.05, 3.63) is 30.1 Å². The summed E-state index contributed by atoms with van der Waals surface area (Å²) in [6.07, 6.45) is -0.801. The highest BCUT2D eigenvalue weighted by atomic mass is 19.4. The summed E-state index contributed by atoms with van der Waals surface area (Å²) in [4.78, 5) is 15.9. The fraction of sp³-hybridized carbons (Fsp3) is 0.571. The van der Waals surface area contributed by atoms with Gasteiger partial charge in [0.05, 0.1) is 6.10 Å². The standard InChI is InChI=1S/C14H17F3N2O2/c15-14(16,17)9-21-11-5-3-4-10(8-11)19-13(20)12-6-1-2-7-18-12/h1-2,6-7,10-11H,3-5,8-9H2,(H,19,20)/t10-,11-/m0/s1. The van der Waals surface area contributed by atoms with Gasteiger partial charge in [-0.1, -0.05) is 6.07 Å². The Bertz CT molecular complexity index is 465. The van der Waals surface area contributed by atoms with Crippen molar-refractivity contribution in [2.75, 3.05) is 6.61 Å². The van der Waals surface area contributed by atoms with Crippen LogP contribution in [0.15, 0.2) is 24.4 Å². The lowest BCUT2D eigenvalue weighted by Gasteiger charge is -2.29. The van der Waals surface area contributed by atoms with Crippen molar-refractivity contribution >= 4 is 5.91 Å². The zero-order valence-electron chi connectivity index (χ0n) is 11.4. The predicted octanol–water partition coefficient (Wildman–Crippen LogP) is 2.70. The second-order valence-corrected chi connectivity index (χ2v) is 5.10. The molecule has 1 aromatic rings. The number of nitrogens with one attached hydrogen (secondary N) is 1. The highest BCUT2D eigenvalue weighted by molar-refractivity contribution is 5.92. The SMILES string of the molecule is O=C(N[C@H]1CCC[C@H](OCC(F)(F)F)C1)c1ccccn1. The molecule has 0 saturated heterocycles. The number of nitrogens with zero attached hydrogens (tertiary/aromatic N) is 1. The molecule has 116 valence electrons. The number of aromatic nitrogens is 1. The maximum absolute atomic E-state index is 12.1. The molecule has 0 unspecified atom stereocenters. The zero-order valence-corrected chi connectivity index (χ0v) is 11.4. The van der Waals surface area contributed by atoms with Crippen LogP contribution in [0.5, 0.6) is 0 Å². The molecule has 1 amide bonds. The molecular weight excluding hydrogens is 285 g/mol. The van der Waals surface area contributed by atoms with Crippen LogP contribution in [-0.4, -0.2) is 35.8 Å². The lowest BCUT2D eigenvalue weighted by atomic mass is 9.92. The summed E-state index contributed by atoms with van der Waals surface area (Å²) >= 11 is 0. The molecule has 2 atom stereocenters. The van der Waals surface area contributed by atoms with Gasteiger partial charge in [0.15, 0.2) is 0 Å². The average Bonchev–Trinajstić information content (AvgIpc) is 2.46. The van der Waals surface area contributed by atoms with Crippen LogP contribution in [0.25, 0.3) is 0 Å². The summed E-state index contributed by atoms with van der Waals surface area (Å²) in [6, 6.07) is 4.83. The van der Waals surface area contributed by atoms with Crippen LogP contribution < -0.4 is 5.32 Å². The van der Waals surface area contributed by atoms with Gasteiger partial charge in [-0.2, -0.15) is 13.2 Å². The fourth-order valence-electron chi connectivity index (χ4n) is 2.40. The topological polar surface area (TPSA) is 51.2 Å². The average molecular weight is 302 g/mol. The third kappa shape index (κ3) is 5.34. The van der Waals surface area contributed by atoms with E-state index < -0.39 is 18.9 Å². The zero-order chi connectivity index (χ0) is 15.3. The van der Waals surface area contributed by atoms with Crippen LogP contribution in [-0.2, 0) is 4.74 Å². The van der Waals surface area contributed by atoms with Gasteiger partial charge in [0, 0.05) is 12.2 Å². The third-order valence-corrected chi connectivity index (χ3v) is 3.34. The molecule has 1 saturated carbocycles. The van der Waals surface area contributed by atoms with E-state index >= 15 is 0 Å². The van der Waals surface area contributed by atoms with Crippen molar-refractivity contribution in [2.24, 2.45) is 0 Å². The van der Waals surface area contributed by atoms with Crippen LogP contribution in [0.3, 0.4) is 0 Å². The number of amides is 1. The van der Waals surface area contributed by atoms with E-state index in [0.717, 1.165) is 12.8 Å². The Kier molecular flexibility index (Phi) is 5.17. The molecule has 1 aliphatic carbocycles. The molecule has 0 radical (unpaired) electrons. The van der Waals surface area contributed by atoms with Crippen molar-refractivity contribution in [2.45, 2.75) is 44.0 Å². The first kappa shape index (κ1) is 15.8. The molecule has 1 N–H and O–H groups in total. The van der Waals surface area contributed by atoms with E-state index in [-0.39, 0.29) is 11.9 Å². The van der Waals surface area contributed by atoms with Crippen LogP contribution in [0.1, 0.15) is 36.2 Å². The molecule has 21 heavy (non-hydrogen) atoms. The molecule has 0 aromatic carbocycles. The maximum Gasteiger partial charge on any atom is 0.411 e. The monoisotopic (exact) mass is 302 g/mol. The quantitative estimate of drug-likeness (QED) is 0.930. The van der Waals surface area contributed by atoms with Crippen LogP contribution in [0, 0.1) is 0 Å². The molecule has 7 heteroatoms. The first-order valence-electron chi connectivity index (χ1n) is 6.84. The Morgan fingerprint density at radius 1 is 1.38 bits per heavy atom. The second kappa shape index (κ2) is 6.89. The van der Waals surface area contributed by atoms with E-state index in [2.05, 4.69) is 10.3 Å². The second-order valence-electron chi connectivity index (χ2n) is 5.10. The number of carbonyl (C=O) groups excluding carboxylic acids is 1. The van der Waals surface area contributed by atoms with E-state index in [1.165, 1.54) is 6.20 Å². The van der Waals surface area contributed by atoms with Crippen molar-refractivity contribution in [1.29, 1.82) is 0 Å². The summed E-state index contributed by atoms with van der Waals surface area (Å²) in [5.74, 6) is -0.308. The molecule has 1 heterocycles. The molecule has 0 aliphatic heterocycles. The molecule has 2 rings (SSSR count). The highest BCUT2D eigenvalue weighted by Gasteiger charge is 2.31. The van der Waals surface area contributed by atoms with Crippen LogP contribution in [0.4, 0.5) is 13.2 Å². The van der Waals surface area contributed by atoms with Gasteiger partial charge in [0.1, 0.15) is 12.3 Å². The van der Waals surface area contributed by atoms with Gasteiger partial charge in [-0.05, 0) is 37.8 Å². The van der Waals surface area contributed by atoms with Gasteiger partial charge >= 0.3 is 6.18 Å². The Labute approximate surface area is 120 Å². The number of carbonyl (C=O) groups is 1. The minimum Gasteiger partial charge on any atom is -0.369 e. The molecular formula is C14H17F3N2O2. The van der Waals surface area contributed by atoms with E-state index in [1.807, 2.05) is 0 Å². The van der Waals surface area contributed by atoms with E-state index in [9.17, 15) is 18.0 Å². The first-order valence-corrected chi connectivity index (χ1v) is 6.84. The van der Waals surface area contributed by atoms with Gasteiger partial charge in [0.2, 0.25) is 0 Å². The third-order valence-electron chi connectivity index (χ3n) is 3.34. The summed E-state index contributed by atoms with van der Waals surface area (Å²) in [5, 5.41) is 2.80. The molecule has 1 aliphatic rings. The van der Waals surface area contributed by atoms with Crippen LogP contribution in [0.2, 0.25) is 0 Å². The number of ether oxygens (including phenoxy) is 1. The molecule has 1 fully saturated rings. The number of alkyl halides is 3. The van der Waals surface area contributed by atoms with Crippen molar-refractivity contribution < 1.29 is 22.7 Å². The maximum atomic E-state index is 12.1. The lowest BCUT2D eigenvalue weighted by Crippen LogP contribution is -2.41. The molecule has 1 aromatic heterocycles. The molecule has 0 bridgehead atoms. The summed E-state index contributed by atoms with van der Waals surface area (Å²) in [6.45, 7) is -1.24. The van der Waals surface area contributed by atoms with Gasteiger partial charge in [-0.15, -0.1) is 0 Å². The fourth-order valence-corrected chi connectivity index (χ4v) is 2.40. The Balaban J connectivity index is 1.82. The smallest absolute Gasteiger partial charge is 0.369 e. The Hall–Kier alpha value is -1.63. The van der Waals surface area contributed by atoms with Gasteiger partial charge < -0.3 is 10.1 Å². The Morgan fingerprint density at radius 2 is 2.19 bits per heavy atom. The summed E-state index contributed by atoms with van der Waals surface area (Å²) in [5.41, 5.74) is 0.302. The highest BCUT2D eigenvalue weighted by Crippen LogP contribution is 2.24. The summed E-state index contributed by atoms with van der Waals surface area (Å²) < 4.78 is 41.3. The van der Waals surface area contributed by atoms with Gasteiger partial charge in [-0.25, -0.2) is 0 Å². The number of hydrogen-bond acceptors (Lipinski definition) is 3. The molecule has 0 spiro atoms. The lowest BCUT2D eigenvalue weighted by molar-refractivity contribution is -0.188. The van der Waals surface area contributed by atoms with Crippen LogP contribution >= 0.6 is 0 Å². The summed E-state index contributed by atoms with van der Waals surface area (Å²) in [7, 11) is 0. The van der Waals surface area contributed by atoms with E-state index in [1.54, 1.807) is 18.2 Å². The van der Waals surface area contributed by atoms with E-state index in [4.69, 9.17) is 4.74 Å². The Morgan fingerprint density at radius 3 is 2.86 bits per heavy atom. The molecule has 4 nitrogen and oxygen atoms in total. The van der Waals surface area contributed by atoms with Crippen molar-refractivity contribution in [1.82, 2.24) is 10.3 Å². The van der Waals surface area contributed by atoms with E-state index in [0.29, 0.717) is 18.5 Å². The number of halogens is 3.